The van der Waals surface area contributed by atoms with E-state index >= 15 is 0 Å². The number of hydrogen-bond acceptors (Lipinski definition) is 5. The van der Waals surface area contributed by atoms with Crippen molar-refractivity contribution < 1.29 is 21.6 Å². The van der Waals surface area contributed by atoms with Crippen LogP contribution in [0, 0.1) is 11.8 Å². The van der Waals surface area contributed by atoms with E-state index in [1.165, 1.54) is 6.07 Å². The largest absolute Gasteiger partial charge is 0.294 e. The highest BCUT2D eigenvalue weighted by atomic mass is 32.3. The van der Waals surface area contributed by atoms with Gasteiger partial charge >= 0.3 is 0 Å². The number of hydrogen-bond donors (Lipinski definition) is 0. The normalized spacial score (nSPS) is 14.7. The monoisotopic (exact) mass is 471 g/mol. The van der Waals surface area contributed by atoms with E-state index in [1.54, 1.807) is 27.7 Å². The fraction of sp³-hybridized carbons (Fsp3) is 0.696. The van der Waals surface area contributed by atoms with Gasteiger partial charge < -0.3 is 0 Å². The third-order valence-electron chi connectivity index (χ3n) is 5.31. The first-order valence-electron chi connectivity index (χ1n) is 11.3. The topological polar surface area (TPSA) is 88.6 Å². The molecular weight excluding hydrogens is 434 g/mol. The van der Waals surface area contributed by atoms with Crippen LogP contribution in [0.15, 0.2) is 12.1 Å². The van der Waals surface area contributed by atoms with E-state index in [4.69, 9.17) is 0 Å². The van der Waals surface area contributed by atoms with Crippen LogP contribution in [0.5, 0.6) is 0 Å². The van der Waals surface area contributed by atoms with Crippen molar-refractivity contribution in [2.75, 3.05) is 15.2 Å². The van der Waals surface area contributed by atoms with Crippen molar-refractivity contribution in [3.63, 3.8) is 0 Å². The molecular formula is C23H37NO5S2. The number of fused-ring (bicyclic) bond motifs is 1. The lowest BCUT2D eigenvalue weighted by atomic mass is 9.88. The van der Waals surface area contributed by atoms with Crippen LogP contribution in [0.3, 0.4) is 0 Å². The van der Waals surface area contributed by atoms with Gasteiger partial charge in [0.15, 0.2) is 5.78 Å². The predicted molar refractivity (Wildman–Crippen MR) is 127 cm³/mol. The zero-order chi connectivity index (χ0) is 23.4. The molecule has 0 fully saturated rings. The molecule has 2 rings (SSSR count). The molecule has 31 heavy (non-hydrogen) atoms. The van der Waals surface area contributed by atoms with Crippen molar-refractivity contribution in [3.05, 3.63) is 28.8 Å². The standard InChI is InChI=1S/C23H37NO5S2/c1-6-7-12-23(25)20-13-19-10-8-9-11-21(19)22(14-20)24(30(26,27)15-17(2)3)31(28,29)16-18(4)5/h13-14,17-18H,6-12,15-16H2,1-5H3. The number of nitrogens with zero attached hydrogens (tertiary/aromatic N) is 1. The lowest BCUT2D eigenvalue weighted by Gasteiger charge is -2.30. The maximum absolute atomic E-state index is 13.4. The number of sulfonamides is 2. The van der Waals surface area contributed by atoms with Crippen molar-refractivity contribution in [1.29, 1.82) is 0 Å². The van der Waals surface area contributed by atoms with Gasteiger partial charge in [-0.25, -0.2) is 16.8 Å². The van der Waals surface area contributed by atoms with E-state index in [-0.39, 0.29) is 34.8 Å². The fourth-order valence-corrected chi connectivity index (χ4v) is 8.73. The summed E-state index contributed by atoms with van der Waals surface area (Å²) in [7, 11) is -8.27. The first-order chi connectivity index (χ1) is 14.4. The van der Waals surface area contributed by atoms with E-state index in [0.29, 0.717) is 22.1 Å². The highest BCUT2D eigenvalue weighted by molar-refractivity contribution is 8.10. The molecule has 1 aromatic rings. The average molecular weight is 472 g/mol. The van der Waals surface area contributed by atoms with Gasteiger partial charge in [0.05, 0.1) is 17.2 Å². The summed E-state index contributed by atoms with van der Waals surface area (Å²) in [5.74, 6) is -1.07. The number of aryl methyl sites for hydroxylation is 1. The molecule has 0 spiro atoms. The smallest absolute Gasteiger partial charge is 0.248 e. The highest BCUT2D eigenvalue weighted by Gasteiger charge is 2.37. The molecule has 0 atom stereocenters. The molecule has 1 aliphatic rings. The first-order valence-corrected chi connectivity index (χ1v) is 14.6. The molecule has 0 saturated carbocycles. The Hall–Kier alpha value is -1.41. The molecule has 6 nitrogen and oxygen atoms in total. The van der Waals surface area contributed by atoms with Crippen LogP contribution in [0.25, 0.3) is 0 Å². The number of benzene rings is 1. The molecule has 0 N–H and O–H groups in total. The van der Waals surface area contributed by atoms with Gasteiger partial charge in [0.25, 0.3) is 0 Å². The zero-order valence-electron chi connectivity index (χ0n) is 19.5. The lowest BCUT2D eigenvalue weighted by Crippen LogP contribution is -2.42. The summed E-state index contributed by atoms with van der Waals surface area (Å²) in [6.45, 7) is 9.02. The molecule has 1 aromatic carbocycles. The average Bonchev–Trinajstić information content (AvgIpc) is 2.63. The van der Waals surface area contributed by atoms with Crippen molar-refractivity contribution in [1.82, 2.24) is 0 Å². The second kappa shape index (κ2) is 10.5. The first kappa shape index (κ1) is 25.8. The van der Waals surface area contributed by atoms with Crippen LogP contribution < -0.4 is 3.71 Å². The lowest BCUT2D eigenvalue weighted by molar-refractivity contribution is 0.0979. The summed E-state index contributed by atoms with van der Waals surface area (Å²) in [6.07, 6.45) is 5.13. The van der Waals surface area contributed by atoms with Gasteiger partial charge in [-0.15, -0.1) is 0 Å². The molecule has 8 heteroatoms. The Kier molecular flexibility index (Phi) is 8.73. The Balaban J connectivity index is 2.75. The summed E-state index contributed by atoms with van der Waals surface area (Å²) in [6, 6.07) is 3.36. The number of carbonyl (C=O) groups excluding carboxylic acids is 1. The van der Waals surface area contributed by atoms with Gasteiger partial charge in [-0.05, 0) is 67.2 Å². The summed E-state index contributed by atoms with van der Waals surface area (Å²) >= 11 is 0. The quantitative estimate of drug-likeness (QED) is 0.436. The molecule has 0 aliphatic heterocycles. The van der Waals surface area contributed by atoms with Gasteiger partial charge in [0, 0.05) is 12.0 Å². The van der Waals surface area contributed by atoms with Crippen LogP contribution >= 0.6 is 0 Å². The Bertz CT molecular complexity index is 955. The predicted octanol–water partition coefficient (Wildman–Crippen LogP) is 4.72. The van der Waals surface area contributed by atoms with E-state index in [0.717, 1.165) is 43.2 Å². The van der Waals surface area contributed by atoms with E-state index in [9.17, 15) is 21.6 Å². The van der Waals surface area contributed by atoms with Crippen LogP contribution in [-0.2, 0) is 32.9 Å². The van der Waals surface area contributed by atoms with Crippen LogP contribution in [0.4, 0.5) is 5.69 Å². The summed E-state index contributed by atoms with van der Waals surface area (Å²) in [4.78, 5) is 12.8. The van der Waals surface area contributed by atoms with Gasteiger partial charge in [0.2, 0.25) is 20.0 Å². The van der Waals surface area contributed by atoms with Crippen molar-refractivity contribution in [2.24, 2.45) is 11.8 Å². The number of carbonyl (C=O) groups is 1. The molecule has 0 heterocycles. The zero-order valence-corrected chi connectivity index (χ0v) is 21.1. The molecule has 0 radical (unpaired) electrons. The molecule has 0 aromatic heterocycles. The number of unbranched alkanes of at least 4 members (excludes halogenated alkanes) is 1. The minimum Gasteiger partial charge on any atom is -0.294 e. The summed E-state index contributed by atoms with van der Waals surface area (Å²) in [5, 5.41) is 0. The molecule has 0 saturated heterocycles. The molecule has 0 unspecified atom stereocenters. The Labute approximate surface area is 188 Å². The number of Topliss-reactive ketones (excluding diaryl/α,β-unsaturated/α-hetero) is 1. The van der Waals surface area contributed by atoms with E-state index in [2.05, 4.69) is 0 Å². The van der Waals surface area contributed by atoms with Gasteiger partial charge in [-0.3, -0.25) is 4.79 Å². The van der Waals surface area contributed by atoms with Crippen molar-refractivity contribution in [3.8, 4) is 0 Å². The Morgan fingerprint density at radius 3 is 2.00 bits per heavy atom. The minimum atomic E-state index is -4.14. The van der Waals surface area contributed by atoms with Crippen LogP contribution in [0.2, 0.25) is 0 Å². The molecule has 1 aliphatic carbocycles. The maximum Gasteiger partial charge on any atom is 0.248 e. The maximum atomic E-state index is 13.4. The van der Waals surface area contributed by atoms with Crippen LogP contribution in [0.1, 0.15) is 88.2 Å². The second-order valence-corrected chi connectivity index (χ2v) is 13.4. The molecule has 176 valence electrons. The number of rotatable bonds is 11. The highest BCUT2D eigenvalue weighted by Crippen LogP contribution is 2.36. The molecule has 0 amide bonds. The summed E-state index contributed by atoms with van der Waals surface area (Å²) in [5.41, 5.74) is 2.22. The van der Waals surface area contributed by atoms with Crippen molar-refractivity contribution >= 4 is 31.5 Å². The van der Waals surface area contributed by atoms with Gasteiger partial charge in [-0.2, -0.15) is 3.71 Å². The number of anilines is 1. The third kappa shape index (κ3) is 6.54. The fourth-order valence-electron chi connectivity index (χ4n) is 4.10. The Morgan fingerprint density at radius 1 is 0.935 bits per heavy atom. The van der Waals surface area contributed by atoms with Crippen LogP contribution in [-0.4, -0.2) is 34.1 Å². The Morgan fingerprint density at radius 2 is 1.48 bits per heavy atom. The van der Waals surface area contributed by atoms with E-state index in [1.807, 2.05) is 13.0 Å². The van der Waals surface area contributed by atoms with Gasteiger partial charge in [0.1, 0.15) is 0 Å². The SMILES string of the molecule is CCCCC(=O)c1cc2c(c(N(S(=O)(=O)CC(C)C)S(=O)(=O)CC(C)C)c1)CCCC2. The van der Waals surface area contributed by atoms with Crippen molar-refractivity contribution in [2.45, 2.75) is 79.6 Å². The van der Waals surface area contributed by atoms with E-state index < -0.39 is 20.0 Å². The molecule has 0 bridgehead atoms. The minimum absolute atomic E-state index is 0.0704. The van der Waals surface area contributed by atoms with Gasteiger partial charge in [-0.1, -0.05) is 41.0 Å². The number of ketones is 1. The summed E-state index contributed by atoms with van der Waals surface area (Å²) < 4.78 is 54.1. The second-order valence-electron chi connectivity index (χ2n) is 9.41. The third-order valence-corrected chi connectivity index (χ3v) is 10.3.